The number of hydrogen-bond acceptors (Lipinski definition) is 7. The zero-order valence-electron chi connectivity index (χ0n) is 32.5. The van der Waals surface area contributed by atoms with E-state index in [2.05, 4.69) is 12.2 Å². The molecule has 61 heavy (non-hydrogen) atoms. The molecule has 0 spiro atoms. The summed E-state index contributed by atoms with van der Waals surface area (Å²) < 4.78 is 89.5. The van der Waals surface area contributed by atoms with E-state index in [4.69, 9.17) is 18.9 Å². The van der Waals surface area contributed by atoms with Gasteiger partial charge in [-0.3, -0.25) is 4.79 Å². The summed E-state index contributed by atoms with van der Waals surface area (Å²) in [6.07, 6.45) is -1.54. The van der Waals surface area contributed by atoms with Crippen LogP contribution in [0.4, 0.5) is 22.0 Å². The number of carbonyl (C=O) groups excluding carboxylic acids is 1. The number of halogens is 5. The fraction of sp³-hybridized carbons (Fsp3) is 0.167. The van der Waals surface area contributed by atoms with Gasteiger partial charge in [0, 0.05) is 34.9 Å². The van der Waals surface area contributed by atoms with Gasteiger partial charge in [0.2, 0.25) is 5.82 Å². The number of carbonyl (C=O) groups is 1. The maximum Gasteiger partial charge on any atom is 0.257 e. The minimum Gasteiger partial charge on any atom is -0.431 e. The molecule has 0 aliphatic carbocycles. The molecule has 13 heteroatoms. The molecular formula is C48H37F5N2O5S. The molecule has 2 heterocycles. The van der Waals surface area contributed by atoms with Crippen LogP contribution in [0.5, 0.6) is 0 Å². The van der Waals surface area contributed by atoms with Gasteiger partial charge in [-0.05, 0) is 39.9 Å². The Morgan fingerprint density at radius 2 is 1.28 bits per heavy atom. The zero-order valence-corrected chi connectivity index (χ0v) is 33.3. The molecule has 2 N–H and O–H groups in total. The number of amides is 1. The van der Waals surface area contributed by atoms with Crippen LogP contribution in [0.2, 0.25) is 0 Å². The average molecular weight is 849 g/mol. The topological polar surface area (TPSA) is 93.8 Å². The Morgan fingerprint density at radius 3 is 1.95 bits per heavy atom. The molecule has 310 valence electrons. The fourth-order valence-electron chi connectivity index (χ4n) is 7.20. The number of ether oxygens (including phenoxy) is 2. The number of aliphatic hydroxyl groups is 1. The molecule has 7 aromatic rings. The van der Waals surface area contributed by atoms with E-state index in [0.717, 1.165) is 39.1 Å². The number of thioether (sulfide) groups is 1. The highest BCUT2D eigenvalue weighted by Crippen LogP contribution is 2.44. The molecule has 0 bridgehead atoms. The third-order valence-electron chi connectivity index (χ3n) is 10.5. The summed E-state index contributed by atoms with van der Waals surface area (Å²) in [4.78, 5) is 17.6. The van der Waals surface area contributed by atoms with Gasteiger partial charge in [0.05, 0.1) is 18.8 Å². The second-order valence-corrected chi connectivity index (χ2v) is 15.4. The van der Waals surface area contributed by atoms with Crippen molar-refractivity contribution in [2.45, 2.75) is 43.8 Å². The first-order chi connectivity index (χ1) is 29.6. The van der Waals surface area contributed by atoms with Gasteiger partial charge in [0.1, 0.15) is 11.3 Å². The smallest absolute Gasteiger partial charge is 0.257 e. The molecule has 0 saturated carbocycles. The quantitative estimate of drug-likeness (QED) is 0.0547. The van der Waals surface area contributed by atoms with E-state index in [9.17, 15) is 31.9 Å². The van der Waals surface area contributed by atoms with Crippen LogP contribution in [0.1, 0.15) is 51.9 Å². The lowest BCUT2D eigenvalue weighted by atomic mass is 9.91. The Hall–Kier alpha value is -6.12. The van der Waals surface area contributed by atoms with Gasteiger partial charge >= 0.3 is 0 Å². The summed E-state index contributed by atoms with van der Waals surface area (Å²) in [5, 5.41) is 12.4. The highest BCUT2D eigenvalue weighted by molar-refractivity contribution is 7.99. The van der Waals surface area contributed by atoms with Crippen molar-refractivity contribution < 1.29 is 45.7 Å². The number of hydrogen-bond donors (Lipinski definition) is 2. The standard InChI is InChI=1S/C48H37F5N2O5S/c1-27-36(26-61-48-55-43(30-11-4-2-5-12-30)45(60-48)31-13-6-3-7-14-31)58-47(59-44(27)32-20-18-28(25-56)19-21-32)35-17-9-16-34(23-35)33-15-8-10-29(22-33)24-54-46(57)37-38(49)40(51)42(53)41(52)39(37)50/h2-23,27,36,44,47,56H,24-26H2,1H3,(H,54,57)/t27-,36+,44+,47+/m0/s1. The van der Waals surface area contributed by atoms with Crippen molar-refractivity contribution in [2.75, 3.05) is 5.75 Å². The number of nitrogens with one attached hydrogen (secondary N) is 1. The number of benzene rings is 6. The minimum atomic E-state index is -2.34. The lowest BCUT2D eigenvalue weighted by Crippen LogP contribution is -2.38. The maximum atomic E-state index is 14.3. The third kappa shape index (κ3) is 8.87. The van der Waals surface area contributed by atoms with Gasteiger partial charge in [0.25, 0.3) is 11.1 Å². The van der Waals surface area contributed by atoms with E-state index in [-0.39, 0.29) is 25.2 Å². The van der Waals surface area contributed by atoms with Gasteiger partial charge in [-0.15, -0.1) is 0 Å². The van der Waals surface area contributed by atoms with Crippen molar-refractivity contribution >= 4 is 17.7 Å². The third-order valence-corrected chi connectivity index (χ3v) is 11.4. The monoisotopic (exact) mass is 848 g/mol. The summed E-state index contributed by atoms with van der Waals surface area (Å²) in [5.74, 6) is -11.6. The summed E-state index contributed by atoms with van der Waals surface area (Å²) >= 11 is 1.45. The Kier molecular flexibility index (Phi) is 12.4. The average Bonchev–Trinajstić information content (AvgIpc) is 3.74. The number of rotatable bonds is 12. The van der Waals surface area contributed by atoms with E-state index in [1.54, 1.807) is 18.2 Å². The van der Waals surface area contributed by atoms with Crippen molar-refractivity contribution in [3.8, 4) is 33.7 Å². The van der Waals surface area contributed by atoms with E-state index in [1.807, 2.05) is 115 Å². The SMILES string of the molecule is C[C@H]1[C@@H](CSc2nc(-c3ccccc3)c(-c3ccccc3)o2)O[C@@H](c2cccc(-c3cccc(CNC(=O)c4c(F)c(F)c(F)c(F)c4F)c3)c2)O[C@H]1c1ccc(CO)cc1. The molecule has 8 rings (SSSR count). The normalized spacial score (nSPS) is 17.6. The van der Waals surface area contributed by atoms with E-state index in [1.165, 1.54) is 11.8 Å². The Bertz CT molecular complexity index is 2580. The van der Waals surface area contributed by atoms with Crippen LogP contribution < -0.4 is 5.32 Å². The van der Waals surface area contributed by atoms with Crippen LogP contribution in [0, 0.1) is 35.0 Å². The molecule has 7 nitrogen and oxygen atoms in total. The first-order valence-corrected chi connectivity index (χ1v) is 20.3. The van der Waals surface area contributed by atoms with Crippen LogP contribution in [-0.4, -0.2) is 27.9 Å². The molecule has 1 aliphatic heterocycles. The van der Waals surface area contributed by atoms with Crippen LogP contribution in [0.25, 0.3) is 33.7 Å². The fourth-order valence-corrected chi connectivity index (χ4v) is 8.19. The first-order valence-electron chi connectivity index (χ1n) is 19.3. The van der Waals surface area contributed by atoms with Crippen LogP contribution >= 0.6 is 11.8 Å². The Balaban J connectivity index is 1.04. The molecule has 6 aromatic carbocycles. The zero-order chi connectivity index (χ0) is 42.6. The molecule has 0 unspecified atom stereocenters. The Labute approximate surface area is 352 Å². The molecule has 4 atom stereocenters. The van der Waals surface area contributed by atoms with Crippen molar-refractivity contribution in [2.24, 2.45) is 5.92 Å². The van der Waals surface area contributed by atoms with E-state index < -0.39 is 53.0 Å². The lowest BCUT2D eigenvalue weighted by molar-refractivity contribution is -0.268. The minimum absolute atomic E-state index is 0.0931. The summed E-state index contributed by atoms with van der Waals surface area (Å²) in [6, 6.07) is 41.7. The van der Waals surface area contributed by atoms with Crippen LogP contribution in [0.3, 0.4) is 0 Å². The second kappa shape index (κ2) is 18.2. The predicted octanol–water partition coefficient (Wildman–Crippen LogP) is 11.4. The number of aromatic nitrogens is 1. The second-order valence-electron chi connectivity index (χ2n) is 14.5. The molecular weight excluding hydrogens is 812 g/mol. The molecule has 1 fully saturated rings. The van der Waals surface area contributed by atoms with Crippen molar-refractivity contribution in [1.29, 1.82) is 0 Å². The van der Waals surface area contributed by atoms with Crippen LogP contribution in [-0.2, 0) is 22.6 Å². The number of oxazole rings is 1. The molecule has 1 amide bonds. The van der Waals surface area contributed by atoms with Gasteiger partial charge in [-0.1, -0.05) is 140 Å². The maximum absolute atomic E-state index is 14.3. The Morgan fingerprint density at radius 1 is 0.672 bits per heavy atom. The van der Waals surface area contributed by atoms with Crippen molar-refractivity contribution in [3.63, 3.8) is 0 Å². The number of aliphatic hydroxyl groups excluding tert-OH is 1. The number of nitrogens with zero attached hydrogens (tertiary/aromatic N) is 1. The van der Waals surface area contributed by atoms with Gasteiger partial charge < -0.3 is 24.3 Å². The summed E-state index contributed by atoms with van der Waals surface area (Å²) in [7, 11) is 0. The van der Waals surface area contributed by atoms with Crippen molar-refractivity contribution in [3.05, 3.63) is 190 Å². The van der Waals surface area contributed by atoms with E-state index in [0.29, 0.717) is 27.9 Å². The first kappa shape index (κ1) is 41.6. The van der Waals surface area contributed by atoms with E-state index >= 15 is 0 Å². The van der Waals surface area contributed by atoms with Gasteiger partial charge in [-0.25, -0.2) is 26.9 Å². The lowest BCUT2D eigenvalue weighted by Gasteiger charge is -2.41. The molecule has 1 aromatic heterocycles. The van der Waals surface area contributed by atoms with Crippen LogP contribution in [0.15, 0.2) is 143 Å². The predicted molar refractivity (Wildman–Crippen MR) is 220 cm³/mol. The molecule has 1 saturated heterocycles. The summed E-state index contributed by atoms with van der Waals surface area (Å²) in [5.41, 5.74) is 5.38. The summed E-state index contributed by atoms with van der Waals surface area (Å²) in [6.45, 7) is 1.71. The van der Waals surface area contributed by atoms with Crippen molar-refractivity contribution in [1.82, 2.24) is 10.3 Å². The largest absolute Gasteiger partial charge is 0.431 e. The molecule has 0 radical (unpaired) electrons. The van der Waals surface area contributed by atoms with Gasteiger partial charge in [-0.2, -0.15) is 0 Å². The van der Waals surface area contributed by atoms with Gasteiger partial charge in [0.15, 0.2) is 35.3 Å². The highest BCUT2D eigenvalue weighted by Gasteiger charge is 2.39. The molecule has 1 aliphatic rings. The highest BCUT2D eigenvalue weighted by atomic mass is 32.2.